The van der Waals surface area contributed by atoms with Gasteiger partial charge >= 0.3 is 6.03 Å². The molecule has 0 saturated carbocycles. The van der Waals surface area contributed by atoms with Gasteiger partial charge in [-0.1, -0.05) is 22.0 Å². The van der Waals surface area contributed by atoms with Crippen LogP contribution in [0.5, 0.6) is 0 Å². The Labute approximate surface area is 146 Å². The molecule has 0 bridgehead atoms. The zero-order valence-electron chi connectivity index (χ0n) is 12.9. The number of carbonyl (C=O) groups is 3. The maximum absolute atomic E-state index is 12.0. The van der Waals surface area contributed by atoms with Crippen LogP contribution in [-0.4, -0.2) is 29.8 Å². The highest BCUT2D eigenvalue weighted by atomic mass is 79.9. The second kappa shape index (κ2) is 6.09. The van der Waals surface area contributed by atoms with Crippen LogP contribution in [0.4, 0.5) is 4.79 Å². The number of benzene rings is 1. The number of carbonyl (C=O) groups excluding carboxylic acids is 3. The lowest BCUT2D eigenvalue weighted by atomic mass is 10.1. The molecule has 122 valence electrons. The molecule has 1 saturated heterocycles. The van der Waals surface area contributed by atoms with E-state index in [1.165, 1.54) is 13.1 Å². The van der Waals surface area contributed by atoms with E-state index in [2.05, 4.69) is 21.2 Å². The van der Waals surface area contributed by atoms with Gasteiger partial charge in [-0.05, 0) is 42.8 Å². The lowest BCUT2D eigenvalue weighted by Gasteiger charge is -2.21. The minimum atomic E-state index is -0.745. The van der Waals surface area contributed by atoms with Gasteiger partial charge < -0.3 is 4.42 Å². The van der Waals surface area contributed by atoms with E-state index in [9.17, 15) is 14.4 Å². The van der Waals surface area contributed by atoms with Gasteiger partial charge in [0.15, 0.2) is 0 Å². The van der Waals surface area contributed by atoms with Crippen LogP contribution in [0.3, 0.4) is 0 Å². The molecule has 6 nitrogen and oxygen atoms in total. The van der Waals surface area contributed by atoms with Crippen LogP contribution < -0.4 is 5.32 Å². The van der Waals surface area contributed by atoms with Crippen LogP contribution in [-0.2, 0) is 9.59 Å². The summed E-state index contributed by atoms with van der Waals surface area (Å²) in [5.41, 5.74) is 1.81. The zero-order valence-corrected chi connectivity index (χ0v) is 14.5. The number of nitrogens with one attached hydrogen (secondary N) is 1. The molecule has 1 fully saturated rings. The maximum Gasteiger partial charge on any atom is 0.331 e. The average molecular weight is 389 g/mol. The summed E-state index contributed by atoms with van der Waals surface area (Å²) in [6.07, 6.45) is 1.33. The van der Waals surface area contributed by atoms with Crippen molar-refractivity contribution in [3.05, 3.63) is 51.7 Å². The third-order valence-electron chi connectivity index (χ3n) is 3.61. The second-order valence-corrected chi connectivity index (χ2v) is 6.22. The predicted octanol–water partition coefficient (Wildman–Crippen LogP) is 3.11. The molecule has 0 atom stereocenters. The molecule has 2 aromatic rings. The summed E-state index contributed by atoms with van der Waals surface area (Å²) < 4.78 is 6.59. The Hall–Kier alpha value is -2.67. The van der Waals surface area contributed by atoms with E-state index in [4.69, 9.17) is 4.42 Å². The molecule has 1 aliphatic heterocycles. The number of likely N-dealkylation sites (N-methyl/N-ethyl adjacent to an activating group) is 1. The Morgan fingerprint density at radius 3 is 2.62 bits per heavy atom. The number of hydrogen-bond acceptors (Lipinski definition) is 4. The minimum Gasteiger partial charge on any atom is -0.457 e. The van der Waals surface area contributed by atoms with E-state index in [1.54, 1.807) is 12.1 Å². The number of aryl methyl sites for hydroxylation is 1. The van der Waals surface area contributed by atoms with Gasteiger partial charge in [0.05, 0.1) is 0 Å². The molecule has 1 aromatic carbocycles. The maximum atomic E-state index is 12.0. The van der Waals surface area contributed by atoms with E-state index in [1.807, 2.05) is 25.1 Å². The van der Waals surface area contributed by atoms with Crippen LogP contribution in [0.2, 0.25) is 0 Å². The van der Waals surface area contributed by atoms with Crippen molar-refractivity contribution in [2.24, 2.45) is 0 Å². The summed E-state index contributed by atoms with van der Waals surface area (Å²) in [7, 11) is 1.30. The fourth-order valence-electron chi connectivity index (χ4n) is 2.28. The molecule has 0 aliphatic carbocycles. The molecule has 0 radical (unpaired) electrons. The third-order valence-corrected chi connectivity index (χ3v) is 4.26. The van der Waals surface area contributed by atoms with Crippen molar-refractivity contribution in [3.8, 4) is 11.3 Å². The highest BCUT2D eigenvalue weighted by Crippen LogP contribution is 2.31. The van der Waals surface area contributed by atoms with Gasteiger partial charge in [0.1, 0.15) is 17.1 Å². The number of rotatable bonds is 2. The molecule has 0 unspecified atom stereocenters. The zero-order chi connectivity index (χ0) is 17.4. The van der Waals surface area contributed by atoms with E-state index in [-0.39, 0.29) is 5.57 Å². The van der Waals surface area contributed by atoms with Crippen molar-refractivity contribution < 1.29 is 18.8 Å². The van der Waals surface area contributed by atoms with Gasteiger partial charge in [0, 0.05) is 17.1 Å². The SMILES string of the molecule is Cc1ccc(-c2ccc(/C=C3/C(=O)NC(=O)N(C)C3=O)o2)c(Br)c1. The number of barbiturate groups is 1. The molecule has 4 amide bonds. The number of urea groups is 1. The van der Waals surface area contributed by atoms with Crippen LogP contribution in [0, 0.1) is 6.92 Å². The first-order chi connectivity index (χ1) is 11.4. The summed E-state index contributed by atoms with van der Waals surface area (Å²) >= 11 is 3.49. The first-order valence-electron chi connectivity index (χ1n) is 7.08. The molecule has 7 heteroatoms. The quantitative estimate of drug-likeness (QED) is 0.632. The van der Waals surface area contributed by atoms with Gasteiger partial charge in [-0.25, -0.2) is 4.79 Å². The molecule has 0 spiro atoms. The van der Waals surface area contributed by atoms with Gasteiger partial charge in [0.25, 0.3) is 11.8 Å². The molecule has 1 aromatic heterocycles. The molecular formula is C17H13BrN2O4. The Balaban J connectivity index is 1.95. The summed E-state index contributed by atoms with van der Waals surface area (Å²) in [5.74, 6) is -0.462. The van der Waals surface area contributed by atoms with Gasteiger partial charge in [-0.2, -0.15) is 0 Å². The number of nitrogens with zero attached hydrogens (tertiary/aromatic N) is 1. The lowest BCUT2D eigenvalue weighted by molar-refractivity contribution is -0.129. The van der Waals surface area contributed by atoms with E-state index >= 15 is 0 Å². The molecule has 1 aliphatic rings. The number of hydrogen-bond donors (Lipinski definition) is 1. The summed E-state index contributed by atoms with van der Waals surface area (Å²) in [5, 5.41) is 2.09. The van der Waals surface area contributed by atoms with E-state index < -0.39 is 17.8 Å². The molecule has 1 N–H and O–H groups in total. The van der Waals surface area contributed by atoms with Gasteiger partial charge in [0.2, 0.25) is 0 Å². The summed E-state index contributed by atoms with van der Waals surface area (Å²) in [6.45, 7) is 1.98. The fourth-order valence-corrected chi connectivity index (χ4v) is 2.97. The smallest absolute Gasteiger partial charge is 0.331 e. The summed E-state index contributed by atoms with van der Waals surface area (Å²) in [6, 6.07) is 8.51. The number of furan rings is 1. The normalized spacial score (nSPS) is 16.7. The molecule has 3 rings (SSSR count). The molecule has 2 heterocycles. The highest BCUT2D eigenvalue weighted by molar-refractivity contribution is 9.10. The largest absolute Gasteiger partial charge is 0.457 e. The Bertz CT molecular complexity index is 898. The van der Waals surface area contributed by atoms with Crippen molar-refractivity contribution >= 4 is 39.9 Å². The number of halogens is 1. The average Bonchev–Trinajstić information content (AvgIpc) is 2.98. The first kappa shape index (κ1) is 16.2. The van der Waals surface area contributed by atoms with Crippen molar-refractivity contribution in [2.75, 3.05) is 7.05 Å². The second-order valence-electron chi connectivity index (χ2n) is 5.37. The topological polar surface area (TPSA) is 79.6 Å². The number of imide groups is 2. The standard InChI is InChI=1S/C17H13BrN2O4/c1-9-3-5-11(13(18)7-9)14-6-4-10(24-14)8-12-15(21)19-17(23)20(2)16(12)22/h3-8H,1-2H3,(H,19,21,23)/b12-8-. The number of amides is 4. The first-order valence-corrected chi connectivity index (χ1v) is 7.87. The van der Waals surface area contributed by atoms with Crippen molar-refractivity contribution in [1.82, 2.24) is 10.2 Å². The van der Waals surface area contributed by atoms with E-state index in [0.717, 1.165) is 20.5 Å². The minimum absolute atomic E-state index is 0.152. The Morgan fingerprint density at radius 1 is 1.17 bits per heavy atom. The lowest BCUT2D eigenvalue weighted by Crippen LogP contribution is -2.52. The highest BCUT2D eigenvalue weighted by Gasteiger charge is 2.33. The van der Waals surface area contributed by atoms with Crippen LogP contribution >= 0.6 is 15.9 Å². The molecule has 24 heavy (non-hydrogen) atoms. The van der Waals surface area contributed by atoms with Gasteiger partial charge in [-0.3, -0.25) is 19.8 Å². The molecular weight excluding hydrogens is 376 g/mol. The fraction of sp³-hybridized carbons (Fsp3) is 0.118. The monoisotopic (exact) mass is 388 g/mol. The third kappa shape index (κ3) is 2.90. The van der Waals surface area contributed by atoms with Crippen molar-refractivity contribution in [3.63, 3.8) is 0 Å². The van der Waals surface area contributed by atoms with E-state index in [0.29, 0.717) is 11.5 Å². The Morgan fingerprint density at radius 2 is 1.92 bits per heavy atom. The van der Waals surface area contributed by atoms with Crippen LogP contribution in [0.25, 0.3) is 17.4 Å². The van der Waals surface area contributed by atoms with Crippen molar-refractivity contribution in [1.29, 1.82) is 0 Å². The summed E-state index contributed by atoms with van der Waals surface area (Å²) in [4.78, 5) is 36.1. The Kier molecular flexibility index (Phi) is 4.11. The van der Waals surface area contributed by atoms with Crippen molar-refractivity contribution in [2.45, 2.75) is 6.92 Å². The van der Waals surface area contributed by atoms with Crippen LogP contribution in [0.15, 0.2) is 44.8 Å². The van der Waals surface area contributed by atoms with Gasteiger partial charge in [-0.15, -0.1) is 0 Å². The van der Waals surface area contributed by atoms with Crippen LogP contribution in [0.1, 0.15) is 11.3 Å². The predicted molar refractivity (Wildman–Crippen MR) is 90.9 cm³/mol.